The quantitative estimate of drug-likeness (QED) is 0.635. The third kappa shape index (κ3) is 5.29. The van der Waals surface area contributed by atoms with Gasteiger partial charge < -0.3 is 5.32 Å². The number of benzene rings is 1. The molecule has 0 unspecified atom stereocenters. The van der Waals surface area contributed by atoms with Gasteiger partial charge in [0.2, 0.25) is 5.78 Å². The van der Waals surface area contributed by atoms with Crippen LogP contribution in [0.15, 0.2) is 58.8 Å². The number of nitrogens with one attached hydrogen (secondary N) is 1. The van der Waals surface area contributed by atoms with Crippen LogP contribution in [-0.4, -0.2) is 18.1 Å². The Morgan fingerprint density at radius 2 is 1.63 bits per heavy atom. The molecule has 0 heterocycles. The van der Waals surface area contributed by atoms with Gasteiger partial charge in [-0.25, -0.2) is 0 Å². The van der Waals surface area contributed by atoms with Gasteiger partial charge in [-0.15, -0.1) is 0 Å². The number of hydrogen-bond donors (Lipinski definition) is 1. The van der Waals surface area contributed by atoms with Crippen LogP contribution < -0.4 is 5.32 Å². The molecule has 144 valence electrons. The highest BCUT2D eigenvalue weighted by Gasteiger charge is 2.29. The molecule has 0 radical (unpaired) electrons. The normalized spacial score (nSPS) is 15.0. The largest absolute Gasteiger partial charge is 0.378 e. The molecule has 0 bridgehead atoms. The van der Waals surface area contributed by atoms with Crippen molar-refractivity contribution >= 4 is 11.6 Å². The monoisotopic (exact) mass is 365 g/mol. The Kier molecular flexibility index (Phi) is 6.59. The van der Waals surface area contributed by atoms with E-state index >= 15 is 0 Å². The molecule has 0 saturated heterocycles. The SMILES string of the molecule is CC(C)=CC(C)(C)CC/C(C)=C/CNC1=C(C)C(=O)c2ccccc2C1=O. The fourth-order valence-corrected chi connectivity index (χ4v) is 3.51. The number of fused-ring (bicyclic) bond motifs is 1. The summed E-state index contributed by atoms with van der Waals surface area (Å²) in [6, 6.07) is 7.02. The number of Topliss-reactive ketones (excluding diaryl/α,β-unsaturated/α-hetero) is 2. The molecule has 0 aromatic heterocycles. The Morgan fingerprint density at radius 1 is 1.04 bits per heavy atom. The van der Waals surface area contributed by atoms with E-state index in [2.05, 4.69) is 52.1 Å². The first kappa shape index (κ1) is 20.9. The molecule has 0 amide bonds. The van der Waals surface area contributed by atoms with Gasteiger partial charge in [0.05, 0.1) is 5.70 Å². The molecule has 3 heteroatoms. The van der Waals surface area contributed by atoms with Crippen LogP contribution in [-0.2, 0) is 0 Å². The lowest BCUT2D eigenvalue weighted by Crippen LogP contribution is -2.29. The average Bonchev–Trinajstić information content (AvgIpc) is 2.60. The molecular weight excluding hydrogens is 334 g/mol. The second-order valence-electron chi connectivity index (χ2n) is 8.35. The summed E-state index contributed by atoms with van der Waals surface area (Å²) in [6.45, 7) is 13.1. The maximum Gasteiger partial charge on any atom is 0.209 e. The van der Waals surface area contributed by atoms with Crippen LogP contribution >= 0.6 is 0 Å². The van der Waals surface area contributed by atoms with Crippen molar-refractivity contribution in [1.29, 1.82) is 0 Å². The van der Waals surface area contributed by atoms with Crippen LogP contribution in [0.3, 0.4) is 0 Å². The van der Waals surface area contributed by atoms with E-state index in [0.29, 0.717) is 28.9 Å². The van der Waals surface area contributed by atoms with Crippen molar-refractivity contribution in [2.24, 2.45) is 5.41 Å². The Balaban J connectivity index is 2.01. The fraction of sp³-hybridized carbons (Fsp3) is 0.417. The summed E-state index contributed by atoms with van der Waals surface area (Å²) in [5.41, 5.74) is 4.70. The van der Waals surface area contributed by atoms with E-state index in [4.69, 9.17) is 0 Å². The van der Waals surface area contributed by atoms with E-state index in [0.717, 1.165) is 12.8 Å². The van der Waals surface area contributed by atoms with Crippen molar-refractivity contribution in [3.8, 4) is 0 Å². The molecule has 3 nitrogen and oxygen atoms in total. The molecule has 27 heavy (non-hydrogen) atoms. The van der Waals surface area contributed by atoms with Gasteiger partial charge >= 0.3 is 0 Å². The molecule has 1 aromatic rings. The standard InChI is InChI=1S/C24H31NO2/c1-16(2)15-24(5,6)13-11-17(3)12-14-25-21-18(4)22(26)19-9-7-8-10-20(19)23(21)27/h7-10,12,15,25H,11,13-14H2,1-6H3/b17-12+. The van der Waals surface area contributed by atoms with Gasteiger partial charge in [0.1, 0.15) is 0 Å². The van der Waals surface area contributed by atoms with Crippen molar-refractivity contribution in [2.45, 2.75) is 54.4 Å². The van der Waals surface area contributed by atoms with Crippen molar-refractivity contribution in [3.05, 3.63) is 70.0 Å². The van der Waals surface area contributed by atoms with Gasteiger partial charge in [0.15, 0.2) is 5.78 Å². The summed E-state index contributed by atoms with van der Waals surface area (Å²) in [6.07, 6.45) is 6.51. The zero-order valence-electron chi connectivity index (χ0n) is 17.4. The Morgan fingerprint density at radius 3 is 2.22 bits per heavy atom. The first-order valence-electron chi connectivity index (χ1n) is 9.57. The molecule has 2 rings (SSSR count). The smallest absolute Gasteiger partial charge is 0.209 e. The molecule has 0 aliphatic heterocycles. The predicted molar refractivity (Wildman–Crippen MR) is 112 cm³/mol. The zero-order chi connectivity index (χ0) is 20.2. The lowest BCUT2D eigenvalue weighted by atomic mass is 9.85. The van der Waals surface area contributed by atoms with Crippen molar-refractivity contribution in [2.75, 3.05) is 6.54 Å². The van der Waals surface area contributed by atoms with Crippen LogP contribution in [0.4, 0.5) is 0 Å². The molecule has 1 aliphatic carbocycles. The van der Waals surface area contributed by atoms with E-state index in [1.165, 1.54) is 11.1 Å². The minimum atomic E-state index is -0.0987. The topological polar surface area (TPSA) is 46.2 Å². The summed E-state index contributed by atoms with van der Waals surface area (Å²) in [5.74, 6) is -0.171. The van der Waals surface area contributed by atoms with Gasteiger partial charge in [-0.05, 0) is 46.0 Å². The number of ketones is 2. The van der Waals surface area contributed by atoms with Crippen molar-refractivity contribution in [3.63, 3.8) is 0 Å². The number of hydrogen-bond acceptors (Lipinski definition) is 3. The predicted octanol–water partition coefficient (Wildman–Crippen LogP) is 5.65. The fourth-order valence-electron chi connectivity index (χ4n) is 3.51. The average molecular weight is 366 g/mol. The second kappa shape index (κ2) is 8.51. The summed E-state index contributed by atoms with van der Waals surface area (Å²) in [5, 5.41) is 3.17. The molecule has 0 spiro atoms. The molecule has 1 aliphatic rings. The summed E-state index contributed by atoms with van der Waals surface area (Å²) in [4.78, 5) is 25.2. The van der Waals surface area contributed by atoms with E-state index in [-0.39, 0.29) is 17.0 Å². The molecule has 1 aromatic carbocycles. The van der Waals surface area contributed by atoms with Crippen LogP contribution in [0, 0.1) is 5.41 Å². The summed E-state index contributed by atoms with van der Waals surface area (Å²) >= 11 is 0. The first-order valence-corrected chi connectivity index (χ1v) is 9.57. The highest BCUT2D eigenvalue weighted by molar-refractivity contribution is 6.26. The van der Waals surface area contributed by atoms with Gasteiger partial charge in [-0.2, -0.15) is 0 Å². The van der Waals surface area contributed by atoms with Crippen molar-refractivity contribution in [1.82, 2.24) is 5.32 Å². The minimum Gasteiger partial charge on any atom is -0.378 e. The summed E-state index contributed by atoms with van der Waals surface area (Å²) < 4.78 is 0. The lowest BCUT2D eigenvalue weighted by Gasteiger charge is -2.21. The Labute approximate surface area is 163 Å². The third-order valence-electron chi connectivity index (χ3n) is 4.93. The Bertz CT molecular complexity index is 834. The number of allylic oxidation sites excluding steroid dienone is 5. The first-order chi connectivity index (χ1) is 12.6. The van der Waals surface area contributed by atoms with Gasteiger partial charge in [-0.3, -0.25) is 9.59 Å². The van der Waals surface area contributed by atoms with E-state index in [1.807, 2.05) is 0 Å². The lowest BCUT2D eigenvalue weighted by molar-refractivity contribution is 0.0969. The highest BCUT2D eigenvalue weighted by Crippen LogP contribution is 2.28. The Hall–Kier alpha value is -2.42. The molecule has 0 fully saturated rings. The maximum atomic E-state index is 12.7. The van der Waals surface area contributed by atoms with Gasteiger partial charge in [0.25, 0.3) is 0 Å². The molecule has 0 saturated carbocycles. The molecular formula is C24H31NO2. The van der Waals surface area contributed by atoms with Crippen LogP contribution in [0.2, 0.25) is 0 Å². The second-order valence-corrected chi connectivity index (χ2v) is 8.35. The van der Waals surface area contributed by atoms with Crippen LogP contribution in [0.1, 0.15) is 75.1 Å². The zero-order valence-corrected chi connectivity index (χ0v) is 17.4. The van der Waals surface area contributed by atoms with Crippen LogP contribution in [0.5, 0.6) is 0 Å². The minimum absolute atomic E-state index is 0.0723. The van der Waals surface area contributed by atoms with Crippen LogP contribution in [0.25, 0.3) is 0 Å². The number of carbonyl (C=O) groups is 2. The van der Waals surface area contributed by atoms with E-state index in [1.54, 1.807) is 31.2 Å². The maximum absolute atomic E-state index is 12.7. The van der Waals surface area contributed by atoms with Gasteiger partial charge in [0, 0.05) is 23.2 Å². The summed E-state index contributed by atoms with van der Waals surface area (Å²) in [7, 11) is 0. The third-order valence-corrected chi connectivity index (χ3v) is 4.93. The highest BCUT2D eigenvalue weighted by atomic mass is 16.1. The van der Waals surface area contributed by atoms with Crippen molar-refractivity contribution < 1.29 is 9.59 Å². The van der Waals surface area contributed by atoms with E-state index < -0.39 is 0 Å². The molecule has 0 atom stereocenters. The van der Waals surface area contributed by atoms with E-state index in [9.17, 15) is 9.59 Å². The van der Waals surface area contributed by atoms with Gasteiger partial charge in [-0.1, -0.05) is 61.4 Å². The molecule has 1 N–H and O–H groups in total. The number of carbonyl (C=O) groups excluding carboxylic acids is 2. The number of rotatable bonds is 7.